The van der Waals surface area contributed by atoms with Crippen LogP contribution in [0.3, 0.4) is 0 Å². The van der Waals surface area contributed by atoms with Gasteiger partial charge in [0.2, 0.25) is 3.79 Å². The fourth-order valence-electron chi connectivity index (χ4n) is 9.58. The van der Waals surface area contributed by atoms with Crippen LogP contribution in [0.15, 0.2) is 0 Å². The Labute approximate surface area is 225 Å². The first kappa shape index (κ1) is 27.6. The third-order valence-corrected chi connectivity index (χ3v) is 11.3. The molecule has 4 saturated carbocycles. The van der Waals surface area contributed by atoms with E-state index in [1.54, 1.807) is 0 Å². The molecule has 0 spiro atoms. The number of ether oxygens (including phenoxy) is 1. The van der Waals surface area contributed by atoms with E-state index in [0.717, 1.165) is 25.2 Å². The van der Waals surface area contributed by atoms with E-state index >= 15 is 0 Å². The van der Waals surface area contributed by atoms with Gasteiger partial charge in [0.15, 0.2) is 0 Å². The Kier molecular flexibility index (Phi) is 7.94. The van der Waals surface area contributed by atoms with Crippen LogP contribution in [0.2, 0.25) is 0 Å². The minimum atomic E-state index is -1.67. The molecule has 4 rings (SSSR count). The minimum Gasteiger partial charge on any atom is -0.481 e. The number of hydrogen-bond acceptors (Lipinski definition) is 3. The Morgan fingerprint density at radius 2 is 1.69 bits per heavy atom. The molecule has 10 atom stereocenters. The van der Waals surface area contributed by atoms with E-state index in [2.05, 4.69) is 33.0 Å². The molecule has 4 aliphatic rings. The van der Waals surface area contributed by atoms with Gasteiger partial charge in [0.25, 0.3) is 0 Å². The molecular weight excluding hydrogens is 509 g/mol. The average molecular weight is 551 g/mol. The van der Waals surface area contributed by atoms with E-state index in [4.69, 9.17) is 39.5 Å². The molecule has 0 bridgehead atoms. The zero-order chi connectivity index (χ0) is 25.8. The number of amides is 1. The number of carbonyl (C=O) groups is 2. The lowest BCUT2D eigenvalue weighted by molar-refractivity contribution is -0.160. The lowest BCUT2D eigenvalue weighted by Gasteiger charge is -2.64. The Morgan fingerprint density at radius 1 is 1.00 bits per heavy atom. The van der Waals surface area contributed by atoms with Crippen LogP contribution in [0.5, 0.6) is 0 Å². The van der Waals surface area contributed by atoms with Gasteiger partial charge in [-0.25, -0.2) is 4.79 Å². The Bertz CT molecular complexity index is 819. The first-order chi connectivity index (χ1) is 16.3. The van der Waals surface area contributed by atoms with Gasteiger partial charge < -0.3 is 15.2 Å². The highest BCUT2D eigenvalue weighted by atomic mass is 35.6. The second kappa shape index (κ2) is 10.1. The molecule has 0 aliphatic heterocycles. The summed E-state index contributed by atoms with van der Waals surface area (Å²) in [5.74, 6) is 2.12. The molecule has 4 fully saturated rings. The molecular formula is C27H42Cl3NO4. The second-order valence-electron chi connectivity index (χ2n) is 12.5. The van der Waals surface area contributed by atoms with Gasteiger partial charge in [0, 0.05) is 6.04 Å². The maximum Gasteiger partial charge on any atom is 0.407 e. The van der Waals surface area contributed by atoms with E-state index in [0.29, 0.717) is 36.0 Å². The third-order valence-electron chi connectivity index (χ3n) is 11.0. The summed E-state index contributed by atoms with van der Waals surface area (Å²) in [6, 6.07) is -0.146. The molecule has 0 radical (unpaired) electrons. The number of halogens is 3. The molecule has 0 aromatic rings. The summed E-state index contributed by atoms with van der Waals surface area (Å²) < 4.78 is 3.62. The van der Waals surface area contributed by atoms with Crippen molar-refractivity contribution in [1.29, 1.82) is 0 Å². The van der Waals surface area contributed by atoms with E-state index in [1.807, 2.05) is 0 Å². The normalized spacial score (nSPS) is 45.1. The standard InChI is InChI=1S/C27H42Cl3NO4/c1-5-15-11-17-7-8-18-19-9-10-20(23(32)33)26(19,4)13-21(31-24(34)35-14-27(28,29)30)22(18)25(17,3)12-16(15)6-2/h15-22H,5-14H2,1-4H3,(H,31,34)(H,32,33)/t15?,16?,17?,18-,19-,20?,21?,22-,25-,26-/m0/s1. The maximum atomic E-state index is 12.9. The number of rotatable bonds is 5. The number of alkyl halides is 3. The van der Waals surface area contributed by atoms with Crippen LogP contribution in [0, 0.1) is 52.3 Å². The minimum absolute atomic E-state index is 0.116. The fourth-order valence-corrected chi connectivity index (χ4v) is 9.74. The van der Waals surface area contributed by atoms with Crippen molar-refractivity contribution in [2.45, 2.75) is 95.3 Å². The number of carboxylic acid groups (broad SMARTS) is 1. The van der Waals surface area contributed by atoms with Crippen LogP contribution in [0.1, 0.15) is 85.5 Å². The summed E-state index contributed by atoms with van der Waals surface area (Å²) in [6.45, 7) is 8.93. The van der Waals surface area contributed by atoms with Crippen LogP contribution in [-0.4, -0.2) is 33.6 Å². The highest BCUT2D eigenvalue weighted by molar-refractivity contribution is 6.67. The van der Waals surface area contributed by atoms with Crippen LogP contribution >= 0.6 is 34.8 Å². The van der Waals surface area contributed by atoms with Gasteiger partial charge in [-0.1, -0.05) is 75.3 Å². The monoisotopic (exact) mass is 549 g/mol. The first-order valence-corrected chi connectivity index (χ1v) is 14.7. The van der Waals surface area contributed by atoms with Crippen molar-refractivity contribution in [3.8, 4) is 0 Å². The van der Waals surface area contributed by atoms with E-state index in [1.165, 1.54) is 32.1 Å². The molecule has 5 unspecified atom stereocenters. The predicted molar refractivity (Wildman–Crippen MR) is 140 cm³/mol. The van der Waals surface area contributed by atoms with Gasteiger partial charge in [-0.2, -0.15) is 0 Å². The molecule has 0 heterocycles. The van der Waals surface area contributed by atoms with Crippen molar-refractivity contribution in [3.05, 3.63) is 0 Å². The van der Waals surface area contributed by atoms with E-state index in [-0.39, 0.29) is 29.4 Å². The molecule has 0 aromatic carbocycles. The van der Waals surface area contributed by atoms with Gasteiger partial charge in [-0.3, -0.25) is 4.79 Å². The quantitative estimate of drug-likeness (QED) is 0.348. The van der Waals surface area contributed by atoms with Gasteiger partial charge in [0.05, 0.1) is 5.92 Å². The smallest absolute Gasteiger partial charge is 0.407 e. The largest absolute Gasteiger partial charge is 0.481 e. The molecule has 35 heavy (non-hydrogen) atoms. The summed E-state index contributed by atoms with van der Waals surface area (Å²) in [4.78, 5) is 25.2. The number of aliphatic carboxylic acids is 1. The molecule has 2 N–H and O–H groups in total. The van der Waals surface area contributed by atoms with Crippen molar-refractivity contribution < 1.29 is 19.4 Å². The summed E-state index contributed by atoms with van der Waals surface area (Å²) in [5.41, 5.74) is -0.223. The number of nitrogens with one attached hydrogen (secondary N) is 1. The summed E-state index contributed by atoms with van der Waals surface area (Å²) in [5, 5.41) is 13.2. The Morgan fingerprint density at radius 3 is 2.29 bits per heavy atom. The van der Waals surface area contributed by atoms with Crippen molar-refractivity contribution >= 4 is 46.9 Å². The van der Waals surface area contributed by atoms with Gasteiger partial charge in [-0.05, 0) is 91.3 Å². The van der Waals surface area contributed by atoms with E-state index in [9.17, 15) is 14.7 Å². The molecule has 4 aliphatic carbocycles. The van der Waals surface area contributed by atoms with E-state index < -0.39 is 15.9 Å². The zero-order valence-electron chi connectivity index (χ0n) is 21.5. The molecule has 8 heteroatoms. The maximum absolute atomic E-state index is 12.9. The summed E-state index contributed by atoms with van der Waals surface area (Å²) >= 11 is 17.4. The van der Waals surface area contributed by atoms with Crippen LogP contribution in [0.4, 0.5) is 4.79 Å². The highest BCUT2D eigenvalue weighted by Gasteiger charge is 2.65. The Balaban J connectivity index is 1.67. The number of alkyl carbamates (subject to hydrolysis) is 1. The van der Waals surface area contributed by atoms with Crippen molar-refractivity contribution in [2.24, 2.45) is 52.3 Å². The lowest BCUT2D eigenvalue weighted by atomic mass is 9.42. The van der Waals surface area contributed by atoms with Gasteiger partial charge in [0.1, 0.15) is 6.61 Å². The topological polar surface area (TPSA) is 75.6 Å². The number of carbonyl (C=O) groups excluding carboxylic acids is 1. The highest BCUT2D eigenvalue weighted by Crippen LogP contribution is 2.68. The van der Waals surface area contributed by atoms with Crippen LogP contribution < -0.4 is 5.32 Å². The molecule has 1 amide bonds. The SMILES string of the molecule is CCC1CC2CC[C@@H]3[C@@H](C(NC(=O)OCC(Cl)(Cl)Cl)C[C@]4(C)C(C(=O)O)CC[C@@H]34)[C@@]2(C)CC1CC. The number of fused-ring (bicyclic) bond motifs is 5. The molecule has 0 aromatic heterocycles. The van der Waals surface area contributed by atoms with Crippen LogP contribution in [0.25, 0.3) is 0 Å². The average Bonchev–Trinajstić information content (AvgIpc) is 3.12. The van der Waals surface area contributed by atoms with Crippen molar-refractivity contribution in [1.82, 2.24) is 5.32 Å². The predicted octanol–water partition coefficient (Wildman–Crippen LogP) is 7.47. The van der Waals surface area contributed by atoms with Crippen molar-refractivity contribution in [2.75, 3.05) is 6.61 Å². The molecule has 200 valence electrons. The van der Waals surface area contributed by atoms with Crippen LogP contribution in [-0.2, 0) is 9.53 Å². The second-order valence-corrected chi connectivity index (χ2v) is 15.0. The summed E-state index contributed by atoms with van der Waals surface area (Å²) in [6.07, 6.45) is 8.95. The number of hydrogen-bond donors (Lipinski definition) is 2. The first-order valence-electron chi connectivity index (χ1n) is 13.6. The van der Waals surface area contributed by atoms with Gasteiger partial charge in [-0.15, -0.1) is 0 Å². The third kappa shape index (κ3) is 5.04. The summed E-state index contributed by atoms with van der Waals surface area (Å²) in [7, 11) is 0. The zero-order valence-corrected chi connectivity index (χ0v) is 23.8. The Hall–Kier alpha value is -0.390. The lowest BCUT2D eigenvalue weighted by Crippen LogP contribution is -2.63. The molecule has 0 saturated heterocycles. The fraction of sp³-hybridized carbons (Fsp3) is 0.926. The van der Waals surface area contributed by atoms with Gasteiger partial charge >= 0.3 is 12.1 Å². The van der Waals surface area contributed by atoms with Crippen molar-refractivity contribution in [3.63, 3.8) is 0 Å². The number of carboxylic acids is 1. The molecule has 5 nitrogen and oxygen atoms in total.